The molecule has 5 rings (SSSR count). The summed E-state index contributed by atoms with van der Waals surface area (Å²) < 4.78 is 1.02. The first kappa shape index (κ1) is 15.9. The van der Waals surface area contributed by atoms with Crippen molar-refractivity contribution in [1.82, 2.24) is 0 Å². The molecular weight excluding hydrogens is 406 g/mol. The molecule has 0 unspecified atom stereocenters. The second kappa shape index (κ2) is 6.15. The van der Waals surface area contributed by atoms with Gasteiger partial charge in [0.25, 0.3) is 0 Å². The maximum Gasteiger partial charge on any atom is 0.193 e. The molecule has 0 aromatic heterocycles. The first-order chi connectivity index (χ1) is 12.7. The number of ketones is 1. The quantitative estimate of drug-likeness (QED) is 0.500. The van der Waals surface area contributed by atoms with Gasteiger partial charge >= 0.3 is 0 Å². The predicted octanol–water partition coefficient (Wildman–Crippen LogP) is 6.32. The van der Waals surface area contributed by atoms with Gasteiger partial charge < -0.3 is 5.32 Å². The molecule has 0 radical (unpaired) electrons. The van der Waals surface area contributed by atoms with E-state index in [4.69, 9.17) is 0 Å². The molecule has 2 nitrogen and oxygen atoms in total. The van der Waals surface area contributed by atoms with E-state index >= 15 is 0 Å². The number of rotatable bonds is 1. The smallest absolute Gasteiger partial charge is 0.193 e. The van der Waals surface area contributed by atoms with Gasteiger partial charge in [0.2, 0.25) is 0 Å². The standard InChI is InChI=1S/C22H14BrNOS/c23-14-7-5-6-13(12-14)22-19-20(15-8-1-2-9-16(15)21(19)25)24-17-10-3-4-11-18(17)26-22/h1-12,22,24H/t22-/m1/s1. The van der Waals surface area contributed by atoms with Crippen molar-refractivity contribution in [3.05, 3.63) is 99.5 Å². The van der Waals surface area contributed by atoms with Crippen LogP contribution in [0.25, 0.3) is 5.70 Å². The van der Waals surface area contributed by atoms with Gasteiger partial charge in [-0.25, -0.2) is 0 Å². The van der Waals surface area contributed by atoms with Gasteiger partial charge in [-0.2, -0.15) is 0 Å². The Balaban J connectivity index is 1.76. The second-order valence-corrected chi connectivity index (χ2v) is 8.40. The van der Waals surface area contributed by atoms with Crippen molar-refractivity contribution < 1.29 is 4.79 Å². The summed E-state index contributed by atoms with van der Waals surface area (Å²) in [7, 11) is 0. The molecule has 1 aliphatic carbocycles. The van der Waals surface area contributed by atoms with Crippen molar-refractivity contribution in [1.29, 1.82) is 0 Å². The maximum atomic E-state index is 13.3. The Labute approximate surface area is 164 Å². The second-order valence-electron chi connectivity index (χ2n) is 6.34. The number of Topliss-reactive ketones (excluding diaryl/α,β-unsaturated/α-hetero) is 1. The number of halogens is 1. The first-order valence-electron chi connectivity index (χ1n) is 8.39. The number of hydrogen-bond acceptors (Lipinski definition) is 3. The van der Waals surface area contributed by atoms with E-state index in [2.05, 4.69) is 45.5 Å². The van der Waals surface area contributed by atoms with Crippen LogP contribution >= 0.6 is 27.7 Å². The highest BCUT2D eigenvalue weighted by atomic mass is 79.9. The van der Waals surface area contributed by atoms with Gasteiger partial charge in [0.05, 0.1) is 16.6 Å². The zero-order chi connectivity index (χ0) is 17.7. The monoisotopic (exact) mass is 419 g/mol. The minimum atomic E-state index is -0.0569. The molecule has 3 aromatic rings. The highest BCUT2D eigenvalue weighted by Gasteiger charge is 2.37. The molecule has 1 heterocycles. The SMILES string of the molecule is O=C1C2=C(Nc3ccccc3S[C@@H]2c2cccc(Br)c2)c2ccccc21. The number of anilines is 1. The Morgan fingerprint density at radius 2 is 1.65 bits per heavy atom. The van der Waals surface area contributed by atoms with Gasteiger partial charge in [0.1, 0.15) is 0 Å². The summed E-state index contributed by atoms with van der Waals surface area (Å²) in [5.41, 5.74) is 5.72. The molecule has 26 heavy (non-hydrogen) atoms. The number of carbonyl (C=O) groups is 1. The van der Waals surface area contributed by atoms with Crippen LogP contribution in [0.3, 0.4) is 0 Å². The predicted molar refractivity (Wildman–Crippen MR) is 110 cm³/mol. The molecule has 0 bridgehead atoms. The summed E-state index contributed by atoms with van der Waals surface area (Å²) >= 11 is 5.30. The molecule has 4 heteroatoms. The van der Waals surface area contributed by atoms with E-state index in [1.807, 2.05) is 48.5 Å². The van der Waals surface area contributed by atoms with Crippen LogP contribution in [0, 0.1) is 0 Å². The molecule has 0 saturated carbocycles. The third-order valence-corrected chi connectivity index (χ3v) is 6.61. The van der Waals surface area contributed by atoms with Gasteiger partial charge in [-0.05, 0) is 29.8 Å². The fourth-order valence-corrected chi connectivity index (χ4v) is 5.28. The summed E-state index contributed by atoms with van der Waals surface area (Å²) in [6.45, 7) is 0. The number of para-hydroxylation sites is 1. The summed E-state index contributed by atoms with van der Waals surface area (Å²) in [5, 5.41) is 3.49. The van der Waals surface area contributed by atoms with Crippen LogP contribution in [0.5, 0.6) is 0 Å². The summed E-state index contributed by atoms with van der Waals surface area (Å²) in [4.78, 5) is 14.4. The lowest BCUT2D eigenvalue weighted by atomic mass is 10.0. The van der Waals surface area contributed by atoms with Gasteiger partial charge in [0.15, 0.2) is 5.78 Å². The fraction of sp³-hybridized carbons (Fsp3) is 0.0455. The van der Waals surface area contributed by atoms with Crippen molar-refractivity contribution in [2.45, 2.75) is 10.1 Å². The van der Waals surface area contributed by atoms with Crippen molar-refractivity contribution in [3.8, 4) is 0 Å². The van der Waals surface area contributed by atoms with Gasteiger partial charge in [-0.15, -0.1) is 11.8 Å². The van der Waals surface area contributed by atoms with E-state index in [9.17, 15) is 4.79 Å². The average Bonchev–Trinajstić information content (AvgIpc) is 2.83. The molecule has 0 spiro atoms. The van der Waals surface area contributed by atoms with Crippen molar-refractivity contribution in [3.63, 3.8) is 0 Å². The van der Waals surface area contributed by atoms with E-state index in [0.717, 1.165) is 43.0 Å². The van der Waals surface area contributed by atoms with E-state index in [0.29, 0.717) is 0 Å². The third kappa shape index (κ3) is 2.44. The van der Waals surface area contributed by atoms with Crippen molar-refractivity contribution in [2.75, 3.05) is 5.32 Å². The molecular formula is C22H14BrNOS. The van der Waals surface area contributed by atoms with E-state index in [1.54, 1.807) is 11.8 Å². The van der Waals surface area contributed by atoms with Crippen LogP contribution in [0.4, 0.5) is 5.69 Å². The van der Waals surface area contributed by atoms with Gasteiger partial charge in [-0.3, -0.25) is 4.79 Å². The van der Waals surface area contributed by atoms with Crippen LogP contribution < -0.4 is 5.32 Å². The lowest BCUT2D eigenvalue weighted by Crippen LogP contribution is -2.07. The van der Waals surface area contributed by atoms with Crippen LogP contribution in [0.15, 0.2) is 87.7 Å². The molecule has 2 aliphatic rings. The first-order valence-corrected chi connectivity index (χ1v) is 10.1. The average molecular weight is 420 g/mol. The molecule has 1 N–H and O–H groups in total. The Hall–Kier alpha value is -2.30. The Morgan fingerprint density at radius 1 is 0.885 bits per heavy atom. The van der Waals surface area contributed by atoms with Crippen LogP contribution in [-0.2, 0) is 0 Å². The van der Waals surface area contributed by atoms with Crippen LogP contribution in [0.2, 0.25) is 0 Å². The lowest BCUT2D eigenvalue weighted by Gasteiger charge is -2.17. The molecule has 1 aliphatic heterocycles. The summed E-state index contributed by atoms with van der Waals surface area (Å²) in [5.74, 6) is 0.119. The Bertz CT molecular complexity index is 1090. The van der Waals surface area contributed by atoms with E-state index in [1.165, 1.54) is 0 Å². The number of fused-ring (bicyclic) bond motifs is 3. The Morgan fingerprint density at radius 3 is 2.50 bits per heavy atom. The number of carbonyl (C=O) groups excluding carboxylic acids is 1. The third-order valence-electron chi connectivity index (χ3n) is 4.76. The minimum absolute atomic E-state index is 0.0569. The molecule has 0 fully saturated rings. The minimum Gasteiger partial charge on any atom is -0.354 e. The number of hydrogen-bond donors (Lipinski definition) is 1. The molecule has 0 saturated heterocycles. The van der Waals surface area contributed by atoms with Crippen molar-refractivity contribution in [2.24, 2.45) is 0 Å². The van der Waals surface area contributed by atoms with Crippen molar-refractivity contribution >= 4 is 44.9 Å². The molecule has 126 valence electrons. The van der Waals surface area contributed by atoms with E-state index in [-0.39, 0.29) is 11.0 Å². The van der Waals surface area contributed by atoms with E-state index < -0.39 is 0 Å². The highest BCUT2D eigenvalue weighted by Crippen LogP contribution is 2.52. The summed E-state index contributed by atoms with van der Waals surface area (Å²) in [6.07, 6.45) is 0. The maximum absolute atomic E-state index is 13.3. The fourth-order valence-electron chi connectivity index (χ4n) is 3.59. The molecule has 3 aromatic carbocycles. The van der Waals surface area contributed by atoms with Crippen LogP contribution in [-0.4, -0.2) is 5.78 Å². The molecule has 0 amide bonds. The van der Waals surface area contributed by atoms with Gasteiger partial charge in [0, 0.05) is 26.1 Å². The largest absolute Gasteiger partial charge is 0.354 e. The number of nitrogens with one attached hydrogen (secondary N) is 1. The normalized spacial score (nSPS) is 17.9. The zero-order valence-corrected chi connectivity index (χ0v) is 16.1. The van der Waals surface area contributed by atoms with Crippen LogP contribution in [0.1, 0.15) is 26.7 Å². The molecule has 1 atom stereocenters. The highest BCUT2D eigenvalue weighted by molar-refractivity contribution is 9.10. The lowest BCUT2D eigenvalue weighted by molar-refractivity contribution is 0.103. The Kier molecular flexibility index (Phi) is 3.76. The number of benzene rings is 3. The van der Waals surface area contributed by atoms with Gasteiger partial charge in [-0.1, -0.05) is 64.5 Å². The summed E-state index contributed by atoms with van der Waals surface area (Å²) in [6, 6.07) is 24.3. The number of thioether (sulfide) groups is 1. The topological polar surface area (TPSA) is 29.1 Å². The zero-order valence-electron chi connectivity index (χ0n) is 13.7.